The average Bonchev–Trinajstić information content (AvgIpc) is 2.15. The van der Waals surface area contributed by atoms with Crippen LogP contribution in [0.15, 0.2) is 24.3 Å². The number of rotatable bonds is 2. The predicted octanol–water partition coefficient (Wildman–Crippen LogP) is 3.91. The molecule has 98 valence electrons. The number of halogens is 7. The van der Waals surface area contributed by atoms with Crippen LogP contribution in [-0.4, -0.2) is 12.1 Å². The zero-order valence-corrected chi connectivity index (χ0v) is 11.1. The van der Waals surface area contributed by atoms with E-state index in [1.165, 1.54) is 18.2 Å². The monoisotopic (exact) mass is 387 g/mol. The SMILES string of the molecule is Cl.N[C@@H](c1ccccc1I)C(F)(F)C(F)(F)F. The Morgan fingerprint density at radius 2 is 1.53 bits per heavy atom. The molecule has 0 amide bonds. The number of nitrogens with two attached hydrogens (primary N) is 1. The van der Waals surface area contributed by atoms with Crippen LogP contribution >= 0.6 is 35.0 Å². The normalized spacial score (nSPS) is 14.1. The molecule has 0 unspecified atom stereocenters. The first-order valence-corrected chi connectivity index (χ1v) is 5.20. The molecular weight excluding hydrogens is 379 g/mol. The highest BCUT2D eigenvalue weighted by molar-refractivity contribution is 14.1. The third-order valence-electron chi connectivity index (χ3n) is 2.01. The molecule has 0 spiro atoms. The third kappa shape index (κ3) is 3.41. The minimum Gasteiger partial charge on any atom is -0.319 e. The smallest absolute Gasteiger partial charge is 0.319 e. The Balaban J connectivity index is 0.00000256. The van der Waals surface area contributed by atoms with E-state index in [4.69, 9.17) is 5.73 Å². The van der Waals surface area contributed by atoms with Crippen molar-refractivity contribution in [1.29, 1.82) is 0 Å². The van der Waals surface area contributed by atoms with E-state index < -0.39 is 18.1 Å². The summed E-state index contributed by atoms with van der Waals surface area (Å²) in [6, 6.07) is 3.09. The van der Waals surface area contributed by atoms with Gasteiger partial charge in [-0.2, -0.15) is 22.0 Å². The van der Waals surface area contributed by atoms with E-state index in [0.29, 0.717) is 0 Å². The van der Waals surface area contributed by atoms with Crippen LogP contribution in [0.3, 0.4) is 0 Å². The van der Waals surface area contributed by atoms with E-state index in [9.17, 15) is 22.0 Å². The van der Waals surface area contributed by atoms with Crippen LogP contribution in [0.2, 0.25) is 0 Å². The van der Waals surface area contributed by atoms with Crippen molar-refractivity contribution in [2.45, 2.75) is 18.1 Å². The maximum Gasteiger partial charge on any atom is 0.455 e. The van der Waals surface area contributed by atoms with Crippen LogP contribution in [0.1, 0.15) is 11.6 Å². The third-order valence-corrected chi connectivity index (χ3v) is 2.99. The highest BCUT2D eigenvalue weighted by Gasteiger charge is 2.61. The first kappa shape index (κ1) is 16.9. The molecular formula is C9H8ClF5IN. The van der Waals surface area contributed by atoms with Crippen LogP contribution < -0.4 is 5.73 Å². The Labute approximate surface area is 114 Å². The Morgan fingerprint density at radius 1 is 1.06 bits per heavy atom. The van der Waals surface area contributed by atoms with E-state index in [1.54, 1.807) is 22.6 Å². The molecule has 0 heterocycles. The molecule has 0 aliphatic rings. The topological polar surface area (TPSA) is 26.0 Å². The van der Waals surface area contributed by atoms with Gasteiger partial charge in [0, 0.05) is 3.57 Å². The Hall–Kier alpha value is -0.150. The minimum absolute atomic E-state index is 0. The van der Waals surface area contributed by atoms with Crippen LogP contribution in [0.4, 0.5) is 22.0 Å². The summed E-state index contributed by atoms with van der Waals surface area (Å²) in [5, 5.41) is 0. The second kappa shape index (κ2) is 5.66. The Bertz CT molecular complexity index is 382. The average molecular weight is 388 g/mol. The van der Waals surface area contributed by atoms with Crippen LogP contribution in [0.5, 0.6) is 0 Å². The van der Waals surface area contributed by atoms with Gasteiger partial charge in [0.2, 0.25) is 0 Å². The van der Waals surface area contributed by atoms with Crippen molar-refractivity contribution in [3.05, 3.63) is 33.4 Å². The molecule has 1 nitrogen and oxygen atoms in total. The quantitative estimate of drug-likeness (QED) is 0.604. The standard InChI is InChI=1S/C9H7F5IN.ClH/c10-8(11,9(12,13)14)7(16)5-3-1-2-4-6(5)15;/h1-4,7H,16H2;1H/t7-;/m0./s1. The fourth-order valence-corrected chi connectivity index (χ4v) is 1.82. The fraction of sp³-hybridized carbons (Fsp3) is 0.333. The van der Waals surface area contributed by atoms with Crippen molar-refractivity contribution in [2.75, 3.05) is 0 Å². The van der Waals surface area contributed by atoms with Gasteiger partial charge in [0.05, 0.1) is 0 Å². The van der Waals surface area contributed by atoms with Gasteiger partial charge in [0.1, 0.15) is 6.04 Å². The fourth-order valence-electron chi connectivity index (χ4n) is 1.10. The van der Waals surface area contributed by atoms with Crippen molar-refractivity contribution in [3.63, 3.8) is 0 Å². The largest absolute Gasteiger partial charge is 0.455 e. The van der Waals surface area contributed by atoms with Crippen molar-refractivity contribution in [1.82, 2.24) is 0 Å². The van der Waals surface area contributed by atoms with E-state index in [0.717, 1.165) is 6.07 Å². The molecule has 0 aliphatic heterocycles. The van der Waals surface area contributed by atoms with E-state index >= 15 is 0 Å². The van der Waals surface area contributed by atoms with E-state index in [-0.39, 0.29) is 21.5 Å². The molecule has 8 heteroatoms. The second-order valence-electron chi connectivity index (χ2n) is 3.12. The highest BCUT2D eigenvalue weighted by atomic mass is 127. The summed E-state index contributed by atoms with van der Waals surface area (Å²) < 4.78 is 62.4. The number of hydrogen-bond donors (Lipinski definition) is 1. The summed E-state index contributed by atoms with van der Waals surface area (Å²) in [4.78, 5) is 0. The van der Waals surface area contributed by atoms with Crippen molar-refractivity contribution in [3.8, 4) is 0 Å². The summed E-state index contributed by atoms with van der Waals surface area (Å²) in [5.74, 6) is -4.94. The zero-order valence-electron chi connectivity index (χ0n) is 8.14. The lowest BCUT2D eigenvalue weighted by molar-refractivity contribution is -0.291. The van der Waals surface area contributed by atoms with Gasteiger partial charge < -0.3 is 5.73 Å². The van der Waals surface area contributed by atoms with Crippen LogP contribution in [0, 0.1) is 3.57 Å². The predicted molar refractivity (Wildman–Crippen MR) is 64.3 cm³/mol. The summed E-state index contributed by atoms with van der Waals surface area (Å²) in [5.41, 5.74) is 4.77. The van der Waals surface area contributed by atoms with Gasteiger partial charge in [-0.1, -0.05) is 18.2 Å². The molecule has 17 heavy (non-hydrogen) atoms. The summed E-state index contributed by atoms with van der Waals surface area (Å²) in [7, 11) is 0. The van der Waals surface area contributed by atoms with E-state index in [2.05, 4.69) is 0 Å². The second-order valence-corrected chi connectivity index (χ2v) is 4.28. The first-order valence-electron chi connectivity index (χ1n) is 4.12. The molecule has 2 N–H and O–H groups in total. The van der Waals surface area contributed by atoms with Gasteiger partial charge >= 0.3 is 12.1 Å². The van der Waals surface area contributed by atoms with Gasteiger partial charge in [-0.25, -0.2) is 0 Å². The molecule has 0 radical (unpaired) electrons. The molecule has 0 bridgehead atoms. The zero-order chi connectivity index (χ0) is 12.6. The number of hydrogen-bond acceptors (Lipinski definition) is 1. The first-order chi connectivity index (χ1) is 7.18. The molecule has 0 aromatic heterocycles. The molecule has 0 fully saturated rings. The summed E-state index contributed by atoms with van der Waals surface area (Å²) >= 11 is 1.66. The number of alkyl halides is 5. The van der Waals surface area contributed by atoms with Gasteiger partial charge in [-0.05, 0) is 34.2 Å². The summed E-state index contributed by atoms with van der Waals surface area (Å²) in [6.45, 7) is 0. The molecule has 1 aromatic rings. The molecule has 0 aliphatic carbocycles. The lowest BCUT2D eigenvalue weighted by Gasteiger charge is -2.26. The lowest BCUT2D eigenvalue weighted by atomic mass is 10.0. The molecule has 1 aromatic carbocycles. The molecule has 1 atom stereocenters. The van der Waals surface area contributed by atoms with Gasteiger partial charge in [-0.3, -0.25) is 0 Å². The maximum absolute atomic E-state index is 12.9. The Kier molecular flexibility index (Phi) is 5.61. The van der Waals surface area contributed by atoms with Gasteiger partial charge in [0.15, 0.2) is 0 Å². The molecule has 0 saturated heterocycles. The van der Waals surface area contributed by atoms with E-state index in [1.807, 2.05) is 0 Å². The minimum atomic E-state index is -5.65. The lowest BCUT2D eigenvalue weighted by Crippen LogP contribution is -2.46. The Morgan fingerprint density at radius 3 is 1.94 bits per heavy atom. The maximum atomic E-state index is 12.9. The summed E-state index contributed by atoms with van der Waals surface area (Å²) in [6.07, 6.45) is -5.65. The molecule has 0 saturated carbocycles. The number of benzene rings is 1. The van der Waals surface area contributed by atoms with Crippen molar-refractivity contribution >= 4 is 35.0 Å². The van der Waals surface area contributed by atoms with Crippen LogP contribution in [0.25, 0.3) is 0 Å². The van der Waals surface area contributed by atoms with Gasteiger partial charge in [-0.15, -0.1) is 12.4 Å². The van der Waals surface area contributed by atoms with Gasteiger partial charge in [0.25, 0.3) is 0 Å². The van der Waals surface area contributed by atoms with Crippen molar-refractivity contribution < 1.29 is 22.0 Å². The molecule has 1 rings (SSSR count). The van der Waals surface area contributed by atoms with Crippen molar-refractivity contribution in [2.24, 2.45) is 5.73 Å². The van der Waals surface area contributed by atoms with Crippen LogP contribution in [-0.2, 0) is 0 Å². The highest BCUT2D eigenvalue weighted by Crippen LogP contribution is 2.43.